The van der Waals surface area contributed by atoms with Gasteiger partial charge in [0.25, 0.3) is 0 Å². The number of carbonyl (C=O) groups excluding carboxylic acids is 1. The number of pyridine rings is 1. The van der Waals surface area contributed by atoms with Crippen molar-refractivity contribution in [3.05, 3.63) is 24.4 Å². The van der Waals surface area contributed by atoms with Gasteiger partial charge in [0.1, 0.15) is 5.82 Å². The minimum atomic E-state index is 0.0774. The van der Waals surface area contributed by atoms with Crippen molar-refractivity contribution >= 4 is 11.7 Å². The number of hydrogen-bond acceptors (Lipinski definition) is 3. The zero-order chi connectivity index (χ0) is 15.2. The molecule has 0 saturated carbocycles. The van der Waals surface area contributed by atoms with Crippen LogP contribution >= 0.6 is 0 Å². The van der Waals surface area contributed by atoms with Gasteiger partial charge in [0.05, 0.1) is 5.92 Å². The van der Waals surface area contributed by atoms with Crippen molar-refractivity contribution in [2.75, 3.05) is 18.0 Å². The van der Waals surface area contributed by atoms with E-state index < -0.39 is 0 Å². The molecule has 4 heteroatoms. The molecule has 1 fully saturated rings. The molecule has 1 aliphatic rings. The van der Waals surface area contributed by atoms with Crippen LogP contribution in [0.1, 0.15) is 40.0 Å². The average molecular weight is 289 g/mol. The minimum absolute atomic E-state index is 0.0774. The molecule has 1 aromatic rings. The first-order valence-corrected chi connectivity index (χ1v) is 8.08. The van der Waals surface area contributed by atoms with Crippen molar-refractivity contribution in [2.45, 2.75) is 46.1 Å². The van der Waals surface area contributed by atoms with Crippen molar-refractivity contribution in [1.82, 2.24) is 10.3 Å². The Morgan fingerprint density at radius 2 is 2.29 bits per heavy atom. The molecule has 0 aliphatic carbocycles. The molecule has 21 heavy (non-hydrogen) atoms. The molecule has 1 N–H and O–H groups in total. The van der Waals surface area contributed by atoms with Crippen LogP contribution in [0.2, 0.25) is 0 Å². The standard InChI is InChI=1S/C17H27N3O/c1-4-15(13(2)3)19-17(21)14-8-7-11-20(12-14)16-9-5-6-10-18-16/h5-6,9-10,13-15H,4,7-8,11-12H2,1-3H3,(H,19,21)/t14-,15-/m0/s1. The lowest BCUT2D eigenvalue weighted by Crippen LogP contribution is -2.47. The molecule has 116 valence electrons. The van der Waals surface area contributed by atoms with Crippen LogP contribution in [0.5, 0.6) is 0 Å². The van der Waals surface area contributed by atoms with Gasteiger partial charge in [0, 0.05) is 25.3 Å². The Bertz CT molecular complexity index is 447. The number of anilines is 1. The third-order valence-electron chi connectivity index (χ3n) is 4.34. The number of carbonyl (C=O) groups is 1. The van der Waals surface area contributed by atoms with Crippen LogP contribution in [0.4, 0.5) is 5.82 Å². The lowest BCUT2D eigenvalue weighted by Gasteiger charge is -2.34. The van der Waals surface area contributed by atoms with E-state index in [1.54, 1.807) is 0 Å². The fourth-order valence-corrected chi connectivity index (χ4v) is 2.98. The first kappa shape index (κ1) is 15.8. The Balaban J connectivity index is 1.96. The van der Waals surface area contributed by atoms with E-state index in [4.69, 9.17) is 0 Å². The molecule has 2 atom stereocenters. The summed E-state index contributed by atoms with van der Waals surface area (Å²) in [6.45, 7) is 8.22. The summed E-state index contributed by atoms with van der Waals surface area (Å²) >= 11 is 0. The number of nitrogens with zero attached hydrogens (tertiary/aromatic N) is 2. The van der Waals surface area contributed by atoms with E-state index in [1.807, 2.05) is 24.4 Å². The largest absolute Gasteiger partial charge is 0.356 e. The Morgan fingerprint density at radius 1 is 1.48 bits per heavy atom. The van der Waals surface area contributed by atoms with Gasteiger partial charge < -0.3 is 10.2 Å². The van der Waals surface area contributed by atoms with Gasteiger partial charge in [-0.15, -0.1) is 0 Å². The topological polar surface area (TPSA) is 45.2 Å². The van der Waals surface area contributed by atoms with Crippen molar-refractivity contribution < 1.29 is 4.79 Å². The molecule has 2 rings (SSSR count). The van der Waals surface area contributed by atoms with Gasteiger partial charge in [-0.05, 0) is 37.3 Å². The highest BCUT2D eigenvalue weighted by Gasteiger charge is 2.28. The Labute approximate surface area is 127 Å². The number of piperidine rings is 1. The third kappa shape index (κ3) is 4.19. The second kappa shape index (κ2) is 7.43. The molecule has 0 bridgehead atoms. The molecule has 4 nitrogen and oxygen atoms in total. The van der Waals surface area contributed by atoms with Gasteiger partial charge in [-0.2, -0.15) is 0 Å². The van der Waals surface area contributed by atoms with E-state index in [0.717, 1.165) is 38.2 Å². The van der Waals surface area contributed by atoms with Crippen LogP contribution in [-0.4, -0.2) is 30.0 Å². The van der Waals surface area contributed by atoms with Crippen LogP contribution in [0, 0.1) is 11.8 Å². The van der Waals surface area contributed by atoms with E-state index >= 15 is 0 Å². The predicted octanol–water partition coefficient (Wildman–Crippen LogP) is 2.85. The van der Waals surface area contributed by atoms with E-state index in [9.17, 15) is 4.79 Å². The highest BCUT2D eigenvalue weighted by atomic mass is 16.2. The van der Waals surface area contributed by atoms with Gasteiger partial charge in [0.2, 0.25) is 5.91 Å². The van der Waals surface area contributed by atoms with Crippen LogP contribution in [-0.2, 0) is 4.79 Å². The summed E-state index contributed by atoms with van der Waals surface area (Å²) in [6.07, 6.45) is 4.82. The molecule has 0 radical (unpaired) electrons. The predicted molar refractivity (Wildman–Crippen MR) is 86.2 cm³/mol. The van der Waals surface area contributed by atoms with Gasteiger partial charge in [0.15, 0.2) is 0 Å². The molecule has 0 aromatic carbocycles. The number of aromatic nitrogens is 1. The number of hydrogen-bond donors (Lipinski definition) is 1. The Kier molecular flexibility index (Phi) is 5.59. The van der Waals surface area contributed by atoms with Gasteiger partial charge in [-0.1, -0.05) is 26.8 Å². The first-order valence-electron chi connectivity index (χ1n) is 8.08. The molecule has 0 unspecified atom stereocenters. The molecule has 1 aromatic heterocycles. The Hall–Kier alpha value is -1.58. The molecule has 1 aliphatic heterocycles. The lowest BCUT2D eigenvalue weighted by molar-refractivity contribution is -0.126. The third-order valence-corrected chi connectivity index (χ3v) is 4.34. The SMILES string of the molecule is CC[C@H](NC(=O)[C@H]1CCCN(c2ccccn2)C1)C(C)C. The smallest absolute Gasteiger partial charge is 0.225 e. The van der Waals surface area contributed by atoms with Crippen LogP contribution in [0.25, 0.3) is 0 Å². The summed E-state index contributed by atoms with van der Waals surface area (Å²) in [7, 11) is 0. The normalized spacial score (nSPS) is 20.4. The zero-order valence-corrected chi connectivity index (χ0v) is 13.4. The second-order valence-corrected chi connectivity index (χ2v) is 6.24. The van der Waals surface area contributed by atoms with Gasteiger partial charge >= 0.3 is 0 Å². The molecular formula is C17H27N3O. The van der Waals surface area contributed by atoms with E-state index in [0.29, 0.717) is 5.92 Å². The fraction of sp³-hybridized carbons (Fsp3) is 0.647. The zero-order valence-electron chi connectivity index (χ0n) is 13.4. The summed E-state index contributed by atoms with van der Waals surface area (Å²) < 4.78 is 0. The maximum atomic E-state index is 12.5. The number of amides is 1. The number of nitrogens with one attached hydrogen (secondary N) is 1. The van der Waals surface area contributed by atoms with Gasteiger partial charge in [-0.25, -0.2) is 4.98 Å². The number of rotatable bonds is 5. The van der Waals surface area contributed by atoms with Crippen molar-refractivity contribution in [3.63, 3.8) is 0 Å². The average Bonchev–Trinajstić information content (AvgIpc) is 2.53. The summed E-state index contributed by atoms with van der Waals surface area (Å²) in [4.78, 5) is 19.1. The van der Waals surface area contributed by atoms with Crippen LogP contribution < -0.4 is 10.2 Å². The van der Waals surface area contributed by atoms with Crippen molar-refractivity contribution in [3.8, 4) is 0 Å². The molecule has 0 spiro atoms. The minimum Gasteiger partial charge on any atom is -0.356 e. The van der Waals surface area contributed by atoms with Gasteiger partial charge in [-0.3, -0.25) is 4.79 Å². The Morgan fingerprint density at radius 3 is 2.90 bits per heavy atom. The quantitative estimate of drug-likeness (QED) is 0.906. The first-order chi connectivity index (χ1) is 10.1. The summed E-state index contributed by atoms with van der Waals surface area (Å²) in [5, 5.41) is 3.22. The summed E-state index contributed by atoms with van der Waals surface area (Å²) in [6, 6.07) is 6.22. The summed E-state index contributed by atoms with van der Waals surface area (Å²) in [5.41, 5.74) is 0. The van der Waals surface area contributed by atoms with Crippen molar-refractivity contribution in [2.24, 2.45) is 11.8 Å². The maximum Gasteiger partial charge on any atom is 0.225 e. The van der Waals surface area contributed by atoms with E-state index in [-0.39, 0.29) is 17.9 Å². The monoisotopic (exact) mass is 289 g/mol. The molecular weight excluding hydrogens is 262 g/mol. The highest BCUT2D eigenvalue weighted by Crippen LogP contribution is 2.22. The molecule has 1 saturated heterocycles. The highest BCUT2D eigenvalue weighted by molar-refractivity contribution is 5.79. The molecule has 1 amide bonds. The van der Waals surface area contributed by atoms with E-state index in [2.05, 4.69) is 36.0 Å². The summed E-state index contributed by atoms with van der Waals surface area (Å²) in [5.74, 6) is 1.74. The van der Waals surface area contributed by atoms with E-state index in [1.165, 1.54) is 0 Å². The lowest BCUT2D eigenvalue weighted by atomic mass is 9.95. The molecule has 2 heterocycles. The fourth-order valence-electron chi connectivity index (χ4n) is 2.98. The second-order valence-electron chi connectivity index (χ2n) is 6.24. The maximum absolute atomic E-state index is 12.5. The van der Waals surface area contributed by atoms with Crippen molar-refractivity contribution in [1.29, 1.82) is 0 Å². The van der Waals surface area contributed by atoms with Crippen LogP contribution in [0.15, 0.2) is 24.4 Å². The van der Waals surface area contributed by atoms with Crippen LogP contribution in [0.3, 0.4) is 0 Å².